The van der Waals surface area contributed by atoms with E-state index >= 15 is 0 Å². The lowest BCUT2D eigenvalue weighted by atomic mass is 10.1. The molecular formula is C26H16Cl3F6N5O2S. The van der Waals surface area contributed by atoms with Crippen LogP contribution in [0, 0.1) is 0 Å². The number of hydrogen-bond donors (Lipinski definition) is 2. The van der Waals surface area contributed by atoms with Crippen LogP contribution >= 0.6 is 46.6 Å². The Morgan fingerprint density at radius 1 is 0.837 bits per heavy atom. The molecule has 0 aliphatic carbocycles. The van der Waals surface area contributed by atoms with E-state index in [0.29, 0.717) is 11.8 Å². The summed E-state index contributed by atoms with van der Waals surface area (Å²) in [6, 6.07) is 11.1. The number of anilines is 1. The summed E-state index contributed by atoms with van der Waals surface area (Å²) in [5.74, 6) is -2.06. The summed E-state index contributed by atoms with van der Waals surface area (Å²) >= 11 is 18.9. The van der Waals surface area contributed by atoms with Crippen LogP contribution in [0.5, 0.6) is 0 Å². The van der Waals surface area contributed by atoms with Crippen LogP contribution in [0.25, 0.3) is 5.69 Å². The molecule has 0 unspecified atom stereocenters. The first-order valence-electron chi connectivity index (χ1n) is 11.8. The van der Waals surface area contributed by atoms with Crippen molar-refractivity contribution < 1.29 is 35.9 Å². The maximum atomic E-state index is 13.4. The summed E-state index contributed by atoms with van der Waals surface area (Å²) in [5.41, 5.74) is -2.65. The molecule has 17 heteroatoms. The van der Waals surface area contributed by atoms with E-state index in [9.17, 15) is 35.9 Å². The molecule has 2 N–H and O–H groups in total. The van der Waals surface area contributed by atoms with Crippen molar-refractivity contribution in [2.75, 3.05) is 11.1 Å². The highest BCUT2D eigenvalue weighted by atomic mass is 35.5. The van der Waals surface area contributed by atoms with Gasteiger partial charge >= 0.3 is 12.4 Å². The topological polar surface area (TPSA) is 88.9 Å². The number of amides is 2. The second-order valence-electron chi connectivity index (χ2n) is 8.59. The number of halogens is 9. The molecule has 4 rings (SSSR count). The van der Waals surface area contributed by atoms with Crippen molar-refractivity contribution in [2.24, 2.45) is 0 Å². The smallest absolute Gasteiger partial charge is 0.345 e. The lowest BCUT2D eigenvalue weighted by molar-refractivity contribution is -0.138. The van der Waals surface area contributed by atoms with Crippen LogP contribution in [0.1, 0.15) is 27.3 Å². The third-order valence-electron chi connectivity index (χ3n) is 5.65. The van der Waals surface area contributed by atoms with Crippen molar-refractivity contribution in [1.82, 2.24) is 20.1 Å². The summed E-state index contributed by atoms with van der Waals surface area (Å²) in [7, 11) is 0. The zero-order valence-corrected chi connectivity index (χ0v) is 24.2. The Morgan fingerprint density at radius 3 is 2.21 bits per heavy atom. The molecule has 0 radical (unpaired) electrons. The molecule has 2 amide bonds. The Bertz CT molecular complexity index is 1680. The average molecular weight is 683 g/mol. The second-order valence-corrected chi connectivity index (χ2v) is 10.8. The Labute approximate surface area is 258 Å². The minimum absolute atomic E-state index is 0.0556. The van der Waals surface area contributed by atoms with Gasteiger partial charge in [0.05, 0.1) is 55.4 Å². The summed E-state index contributed by atoms with van der Waals surface area (Å²) in [4.78, 5) is 25.3. The van der Waals surface area contributed by atoms with E-state index in [4.69, 9.17) is 34.8 Å². The van der Waals surface area contributed by atoms with Crippen LogP contribution in [-0.2, 0) is 23.7 Å². The molecule has 1 aromatic heterocycles. The van der Waals surface area contributed by atoms with Gasteiger partial charge in [-0.15, -0.1) is 10.2 Å². The minimum Gasteiger partial charge on any atom is -0.345 e. The number of alkyl halides is 6. The third-order valence-corrected chi connectivity index (χ3v) is 7.64. The van der Waals surface area contributed by atoms with E-state index < -0.39 is 40.9 Å². The number of hydrogen-bond acceptors (Lipinski definition) is 5. The summed E-state index contributed by atoms with van der Waals surface area (Å²) < 4.78 is 80.8. The lowest BCUT2D eigenvalue weighted by Crippen LogP contribution is -2.27. The molecular weight excluding hydrogens is 667 g/mol. The SMILES string of the molecule is O=C(CSc1nnc(CNC(=O)c2ccccc2C(F)(F)F)n1-c1ccc(Cl)c(Cl)c1)Nc1cc(C(F)(F)F)ccc1Cl. The first-order valence-corrected chi connectivity index (χ1v) is 13.9. The van der Waals surface area contributed by atoms with Gasteiger partial charge in [-0.3, -0.25) is 14.2 Å². The number of thioether (sulfide) groups is 1. The Kier molecular flexibility index (Phi) is 9.84. The first-order chi connectivity index (χ1) is 20.1. The number of carbonyl (C=O) groups excluding carboxylic acids is 2. The third kappa shape index (κ3) is 7.93. The van der Waals surface area contributed by atoms with Crippen molar-refractivity contribution in [1.29, 1.82) is 0 Å². The van der Waals surface area contributed by atoms with Gasteiger partial charge in [-0.05, 0) is 48.5 Å². The van der Waals surface area contributed by atoms with Gasteiger partial charge in [0.25, 0.3) is 5.91 Å². The first kappa shape index (κ1) is 32.5. The normalized spacial score (nSPS) is 11.8. The van der Waals surface area contributed by atoms with Crippen LogP contribution in [-0.4, -0.2) is 32.3 Å². The zero-order chi connectivity index (χ0) is 31.5. The van der Waals surface area contributed by atoms with Crippen molar-refractivity contribution in [3.8, 4) is 5.69 Å². The summed E-state index contributed by atoms with van der Waals surface area (Å²) in [6.07, 6.45) is -9.42. The molecule has 1 heterocycles. The van der Waals surface area contributed by atoms with Gasteiger partial charge < -0.3 is 10.6 Å². The van der Waals surface area contributed by atoms with E-state index in [1.165, 1.54) is 28.8 Å². The predicted octanol–water partition coefficient (Wildman–Crippen LogP) is 7.93. The molecule has 0 aliphatic heterocycles. The van der Waals surface area contributed by atoms with E-state index in [2.05, 4.69) is 20.8 Å². The van der Waals surface area contributed by atoms with Gasteiger partial charge in [-0.25, -0.2) is 0 Å². The van der Waals surface area contributed by atoms with E-state index in [1.54, 1.807) is 0 Å². The Hall–Kier alpha value is -3.46. The minimum atomic E-state index is -4.77. The standard InChI is InChI=1S/C26H16Cl3F6N5O2S/c27-17-8-6-14(10-19(17)29)40-21(11-36-23(42)15-3-1-2-4-16(15)26(33,34)35)38-39-24(40)43-12-22(41)37-20-9-13(25(30,31)32)5-7-18(20)28/h1-10H,11-12H2,(H,36,42)(H,37,41). The predicted molar refractivity (Wildman–Crippen MR) is 150 cm³/mol. The number of nitrogens with one attached hydrogen (secondary N) is 2. The van der Waals surface area contributed by atoms with Crippen LogP contribution in [0.15, 0.2) is 65.8 Å². The molecule has 7 nitrogen and oxygen atoms in total. The largest absolute Gasteiger partial charge is 0.417 e. The summed E-state index contributed by atoms with van der Waals surface area (Å²) in [6.45, 7) is -0.384. The highest BCUT2D eigenvalue weighted by Gasteiger charge is 2.35. The molecule has 0 saturated carbocycles. The Balaban J connectivity index is 1.56. The lowest BCUT2D eigenvalue weighted by Gasteiger charge is -2.14. The fraction of sp³-hybridized carbons (Fsp3) is 0.154. The molecule has 0 saturated heterocycles. The van der Waals surface area contributed by atoms with Crippen LogP contribution in [0.2, 0.25) is 15.1 Å². The van der Waals surface area contributed by atoms with Crippen LogP contribution in [0.4, 0.5) is 32.0 Å². The quantitative estimate of drug-likeness (QED) is 0.146. The molecule has 43 heavy (non-hydrogen) atoms. The monoisotopic (exact) mass is 681 g/mol. The summed E-state index contributed by atoms with van der Waals surface area (Å²) in [5, 5.41) is 13.0. The second kappa shape index (κ2) is 13.0. The number of rotatable bonds is 8. The maximum absolute atomic E-state index is 13.4. The van der Waals surface area contributed by atoms with E-state index in [-0.39, 0.29) is 44.0 Å². The molecule has 3 aromatic carbocycles. The molecule has 4 aromatic rings. The van der Waals surface area contributed by atoms with Gasteiger partial charge in [0, 0.05) is 0 Å². The van der Waals surface area contributed by atoms with Crippen molar-refractivity contribution in [2.45, 2.75) is 24.1 Å². The number of aromatic nitrogens is 3. The molecule has 0 aliphatic rings. The van der Waals surface area contributed by atoms with Gasteiger partial charge in [0.1, 0.15) is 0 Å². The van der Waals surface area contributed by atoms with Gasteiger partial charge in [-0.1, -0.05) is 58.7 Å². The average Bonchev–Trinajstić information content (AvgIpc) is 3.35. The number of benzene rings is 3. The van der Waals surface area contributed by atoms with Crippen molar-refractivity contribution >= 4 is 64.1 Å². The van der Waals surface area contributed by atoms with Crippen molar-refractivity contribution in [3.63, 3.8) is 0 Å². The van der Waals surface area contributed by atoms with Gasteiger partial charge in [0.2, 0.25) is 5.91 Å². The molecule has 0 bridgehead atoms. The fourth-order valence-electron chi connectivity index (χ4n) is 3.69. The highest BCUT2D eigenvalue weighted by Crippen LogP contribution is 2.35. The molecule has 226 valence electrons. The maximum Gasteiger partial charge on any atom is 0.417 e. The van der Waals surface area contributed by atoms with Crippen LogP contribution < -0.4 is 10.6 Å². The van der Waals surface area contributed by atoms with Crippen LogP contribution in [0.3, 0.4) is 0 Å². The molecule has 0 fully saturated rings. The zero-order valence-electron chi connectivity index (χ0n) is 21.2. The molecule has 0 spiro atoms. The van der Waals surface area contributed by atoms with Gasteiger partial charge in [0.15, 0.2) is 11.0 Å². The fourth-order valence-corrected chi connectivity index (χ4v) is 4.92. The van der Waals surface area contributed by atoms with Crippen molar-refractivity contribution in [3.05, 3.63) is 98.2 Å². The van der Waals surface area contributed by atoms with E-state index in [1.807, 2.05) is 0 Å². The molecule has 0 atom stereocenters. The number of nitrogens with zero attached hydrogens (tertiary/aromatic N) is 3. The number of carbonyl (C=O) groups is 2. The van der Waals surface area contributed by atoms with E-state index in [0.717, 1.165) is 42.1 Å². The Morgan fingerprint density at radius 2 is 1.53 bits per heavy atom. The highest BCUT2D eigenvalue weighted by molar-refractivity contribution is 7.99. The van der Waals surface area contributed by atoms with Gasteiger partial charge in [-0.2, -0.15) is 26.3 Å².